The zero-order valence-electron chi connectivity index (χ0n) is 17.2. The van der Waals surface area contributed by atoms with E-state index in [1.165, 1.54) is 24.0 Å². The minimum absolute atomic E-state index is 0.145. The van der Waals surface area contributed by atoms with Crippen LogP contribution in [0.15, 0.2) is 54.6 Å². The molecule has 6 heteroatoms. The fourth-order valence-electron chi connectivity index (χ4n) is 2.98. The van der Waals surface area contributed by atoms with E-state index in [1.807, 2.05) is 44.2 Å². The third-order valence-electron chi connectivity index (χ3n) is 4.42. The summed E-state index contributed by atoms with van der Waals surface area (Å²) >= 11 is 0. The minimum Gasteiger partial charge on any atom is -0.379 e. The monoisotopic (exact) mass is 400 g/mol. The number of benzene rings is 2. The Bertz CT molecular complexity index is 778. The van der Waals surface area contributed by atoms with Crippen LogP contribution in [-0.4, -0.2) is 36.0 Å². The number of amides is 2. The summed E-state index contributed by atoms with van der Waals surface area (Å²) in [4.78, 5) is 27.0. The molecule has 1 atom stereocenters. The predicted molar refractivity (Wildman–Crippen MR) is 111 cm³/mol. The van der Waals surface area contributed by atoms with Crippen molar-refractivity contribution in [2.75, 3.05) is 13.2 Å². The lowest BCUT2D eigenvalue weighted by Gasteiger charge is -2.30. The Labute approximate surface area is 171 Å². The van der Waals surface area contributed by atoms with Crippen LogP contribution in [0.5, 0.6) is 0 Å². The fraction of sp³-hybridized carbons (Fsp3) is 0.391. The van der Waals surface area contributed by atoms with Gasteiger partial charge in [0.1, 0.15) is 11.9 Å². The summed E-state index contributed by atoms with van der Waals surface area (Å²) in [5.41, 5.74) is 1.47. The van der Waals surface area contributed by atoms with Crippen molar-refractivity contribution in [2.45, 2.75) is 45.9 Å². The molecule has 0 spiro atoms. The second kappa shape index (κ2) is 11.3. The molecule has 0 bridgehead atoms. The number of carbonyl (C=O) groups excluding carboxylic acids is 2. The number of rotatable bonds is 10. The lowest BCUT2D eigenvalue weighted by atomic mass is 10.0. The highest BCUT2D eigenvalue weighted by Crippen LogP contribution is 2.24. The molecule has 29 heavy (non-hydrogen) atoms. The highest BCUT2D eigenvalue weighted by atomic mass is 19.1. The number of nitrogens with zero attached hydrogens (tertiary/aromatic N) is 1. The molecule has 0 unspecified atom stereocenters. The van der Waals surface area contributed by atoms with Gasteiger partial charge in [0, 0.05) is 26.6 Å². The van der Waals surface area contributed by atoms with Gasteiger partial charge in [-0.25, -0.2) is 4.39 Å². The number of nitrogens with one attached hydrogen (secondary N) is 1. The first-order chi connectivity index (χ1) is 13.9. The van der Waals surface area contributed by atoms with E-state index in [-0.39, 0.29) is 30.3 Å². The molecule has 0 saturated heterocycles. The maximum absolute atomic E-state index is 13.2. The smallest absolute Gasteiger partial charge is 0.247 e. The van der Waals surface area contributed by atoms with Gasteiger partial charge >= 0.3 is 0 Å². The van der Waals surface area contributed by atoms with E-state index in [9.17, 15) is 14.0 Å². The van der Waals surface area contributed by atoms with Crippen molar-refractivity contribution in [3.63, 3.8) is 0 Å². The van der Waals surface area contributed by atoms with Gasteiger partial charge in [-0.15, -0.1) is 0 Å². The van der Waals surface area contributed by atoms with Crippen LogP contribution in [-0.2, 0) is 20.9 Å². The van der Waals surface area contributed by atoms with E-state index in [4.69, 9.17) is 4.74 Å². The maximum Gasteiger partial charge on any atom is 0.247 e. The first-order valence-electron chi connectivity index (χ1n) is 9.84. The summed E-state index contributed by atoms with van der Waals surface area (Å²) in [7, 11) is 0. The molecule has 2 rings (SSSR count). The highest BCUT2D eigenvalue weighted by Gasteiger charge is 2.29. The van der Waals surface area contributed by atoms with E-state index < -0.39 is 6.04 Å². The van der Waals surface area contributed by atoms with Gasteiger partial charge in [0.05, 0.1) is 6.10 Å². The van der Waals surface area contributed by atoms with Gasteiger partial charge in [0.25, 0.3) is 0 Å². The molecule has 0 aliphatic rings. The zero-order valence-corrected chi connectivity index (χ0v) is 17.2. The molecule has 0 heterocycles. The van der Waals surface area contributed by atoms with Crippen LogP contribution in [0.3, 0.4) is 0 Å². The third kappa shape index (κ3) is 7.31. The molecule has 1 N–H and O–H groups in total. The molecule has 5 nitrogen and oxygen atoms in total. The highest BCUT2D eigenvalue weighted by molar-refractivity contribution is 5.88. The molecule has 0 aromatic heterocycles. The number of halogens is 1. The van der Waals surface area contributed by atoms with Crippen LogP contribution in [0.2, 0.25) is 0 Å². The van der Waals surface area contributed by atoms with E-state index in [1.54, 1.807) is 12.1 Å². The standard InChI is InChI=1S/C23H29FN2O3/c1-17(2)29-15-7-14-25-23(28)22(20-8-5-4-6-9-20)26(18(3)27)16-19-10-12-21(24)13-11-19/h4-6,8-13,17,22H,7,14-16H2,1-3H3,(H,25,28)/t22-/m0/s1. The summed E-state index contributed by atoms with van der Waals surface area (Å²) in [5.74, 6) is -0.830. The summed E-state index contributed by atoms with van der Waals surface area (Å²) in [5, 5.41) is 2.91. The topological polar surface area (TPSA) is 58.6 Å². The molecule has 0 aliphatic heterocycles. The lowest BCUT2D eigenvalue weighted by molar-refractivity contribution is -0.140. The Hall–Kier alpha value is -2.73. The normalized spacial score (nSPS) is 11.9. The van der Waals surface area contributed by atoms with Crippen LogP contribution < -0.4 is 5.32 Å². The molecule has 2 aromatic carbocycles. The van der Waals surface area contributed by atoms with Gasteiger partial charge in [-0.1, -0.05) is 42.5 Å². The van der Waals surface area contributed by atoms with Crippen LogP contribution in [0, 0.1) is 5.82 Å². The van der Waals surface area contributed by atoms with Crippen LogP contribution in [0.4, 0.5) is 4.39 Å². The van der Waals surface area contributed by atoms with Crippen molar-refractivity contribution in [3.05, 3.63) is 71.5 Å². The van der Waals surface area contributed by atoms with Gasteiger partial charge in [0.2, 0.25) is 11.8 Å². The SMILES string of the molecule is CC(=O)N(Cc1ccc(F)cc1)[C@H](C(=O)NCCCOC(C)C)c1ccccc1. The third-order valence-corrected chi connectivity index (χ3v) is 4.42. The molecular weight excluding hydrogens is 371 g/mol. The summed E-state index contributed by atoms with van der Waals surface area (Å²) < 4.78 is 18.7. The molecule has 0 aliphatic carbocycles. The largest absolute Gasteiger partial charge is 0.379 e. The molecule has 0 radical (unpaired) electrons. The van der Waals surface area contributed by atoms with Crippen molar-refractivity contribution in [1.29, 1.82) is 0 Å². The Kier molecular flexibility index (Phi) is 8.80. The minimum atomic E-state index is -0.773. The van der Waals surface area contributed by atoms with Crippen LogP contribution in [0.1, 0.15) is 44.4 Å². The van der Waals surface area contributed by atoms with Gasteiger partial charge in [-0.3, -0.25) is 9.59 Å². The zero-order chi connectivity index (χ0) is 21.2. The Morgan fingerprint density at radius 2 is 1.72 bits per heavy atom. The second-order valence-corrected chi connectivity index (χ2v) is 7.15. The Morgan fingerprint density at radius 1 is 1.07 bits per heavy atom. The predicted octanol–water partition coefficient (Wildman–Crippen LogP) is 3.85. The lowest BCUT2D eigenvalue weighted by Crippen LogP contribution is -2.43. The van der Waals surface area contributed by atoms with Crippen molar-refractivity contribution in [1.82, 2.24) is 10.2 Å². The molecule has 156 valence electrons. The molecular formula is C23H29FN2O3. The van der Waals surface area contributed by atoms with Crippen molar-refractivity contribution < 1.29 is 18.7 Å². The maximum atomic E-state index is 13.2. The quantitative estimate of drug-likeness (QED) is 0.617. The average Bonchev–Trinajstić information content (AvgIpc) is 2.69. The number of ether oxygens (including phenoxy) is 1. The average molecular weight is 400 g/mol. The van der Waals surface area contributed by atoms with E-state index in [0.29, 0.717) is 19.6 Å². The number of carbonyl (C=O) groups is 2. The molecule has 0 fully saturated rings. The fourth-order valence-corrected chi connectivity index (χ4v) is 2.98. The van der Waals surface area contributed by atoms with Crippen LogP contribution >= 0.6 is 0 Å². The molecule has 2 amide bonds. The van der Waals surface area contributed by atoms with Crippen molar-refractivity contribution in [3.8, 4) is 0 Å². The van der Waals surface area contributed by atoms with E-state index in [0.717, 1.165) is 11.1 Å². The summed E-state index contributed by atoms with van der Waals surface area (Å²) in [6.45, 7) is 6.58. The first kappa shape index (κ1) is 22.6. The van der Waals surface area contributed by atoms with Gasteiger partial charge in [-0.2, -0.15) is 0 Å². The van der Waals surface area contributed by atoms with Gasteiger partial charge in [-0.05, 0) is 43.5 Å². The van der Waals surface area contributed by atoms with E-state index >= 15 is 0 Å². The van der Waals surface area contributed by atoms with E-state index in [2.05, 4.69) is 5.32 Å². The Morgan fingerprint density at radius 3 is 2.31 bits per heavy atom. The number of hydrogen-bond donors (Lipinski definition) is 1. The van der Waals surface area contributed by atoms with Crippen molar-refractivity contribution in [2.24, 2.45) is 0 Å². The molecule has 2 aromatic rings. The van der Waals surface area contributed by atoms with Gasteiger partial charge in [0.15, 0.2) is 0 Å². The van der Waals surface area contributed by atoms with Gasteiger partial charge < -0.3 is 15.0 Å². The summed E-state index contributed by atoms with van der Waals surface area (Å²) in [6.07, 6.45) is 0.829. The van der Waals surface area contributed by atoms with Crippen LogP contribution in [0.25, 0.3) is 0 Å². The van der Waals surface area contributed by atoms with Crippen molar-refractivity contribution >= 4 is 11.8 Å². The summed E-state index contributed by atoms with van der Waals surface area (Å²) in [6, 6.07) is 14.3. The molecule has 0 saturated carbocycles. The first-order valence-corrected chi connectivity index (χ1v) is 9.84. The Balaban J connectivity index is 2.17. The second-order valence-electron chi connectivity index (χ2n) is 7.15. The number of hydrogen-bond acceptors (Lipinski definition) is 3.